The van der Waals surface area contributed by atoms with Crippen molar-refractivity contribution in [2.45, 2.75) is 0 Å². The topological polar surface area (TPSA) is 87.7 Å². The maximum Gasteiger partial charge on any atom is 0.224 e. The zero-order chi connectivity index (χ0) is 13.7. The summed E-state index contributed by atoms with van der Waals surface area (Å²) in [6, 6.07) is 9.21. The maximum atomic E-state index is 7.23. The van der Waals surface area contributed by atoms with Crippen molar-refractivity contribution in [2.24, 2.45) is 5.73 Å². The molecule has 2 aromatic rings. The number of nitrogens with one attached hydrogen (secondary N) is 2. The molecule has 0 fully saturated rings. The molecule has 19 heavy (non-hydrogen) atoms. The van der Waals surface area contributed by atoms with Gasteiger partial charge in [0.05, 0.1) is 0 Å². The molecule has 1 aromatic carbocycles. The van der Waals surface area contributed by atoms with Crippen LogP contribution in [-0.4, -0.2) is 16.2 Å². The number of anilines is 2. The lowest BCUT2D eigenvalue weighted by molar-refractivity contribution is 1.17. The summed E-state index contributed by atoms with van der Waals surface area (Å²) < 4.78 is 0. The SMILES string of the molecule is N=C/C(=C\N)c1ccc(Nc2ccnc(Cl)n2)cc1. The highest BCUT2D eigenvalue weighted by molar-refractivity contribution is 6.28. The lowest BCUT2D eigenvalue weighted by atomic mass is 10.1. The third-order valence-electron chi connectivity index (χ3n) is 2.45. The van der Waals surface area contributed by atoms with Crippen LogP contribution in [0.15, 0.2) is 42.7 Å². The third-order valence-corrected chi connectivity index (χ3v) is 2.63. The molecule has 1 heterocycles. The molecule has 6 heteroatoms. The first-order valence-electron chi connectivity index (χ1n) is 5.51. The summed E-state index contributed by atoms with van der Waals surface area (Å²) in [6.07, 6.45) is 4.20. The molecule has 0 aliphatic rings. The largest absolute Gasteiger partial charge is 0.404 e. The molecule has 0 amide bonds. The van der Waals surface area contributed by atoms with E-state index < -0.39 is 0 Å². The second-order valence-corrected chi connectivity index (χ2v) is 4.02. The van der Waals surface area contributed by atoms with Crippen LogP contribution in [0.5, 0.6) is 0 Å². The lowest BCUT2D eigenvalue weighted by Gasteiger charge is -2.07. The van der Waals surface area contributed by atoms with Crippen molar-refractivity contribution in [1.29, 1.82) is 5.41 Å². The third kappa shape index (κ3) is 3.29. The van der Waals surface area contributed by atoms with Gasteiger partial charge in [-0.25, -0.2) is 9.97 Å². The molecule has 0 atom stereocenters. The molecule has 0 saturated carbocycles. The van der Waals surface area contributed by atoms with E-state index in [1.165, 1.54) is 12.4 Å². The fourth-order valence-electron chi connectivity index (χ4n) is 1.53. The first-order chi connectivity index (χ1) is 9.22. The van der Waals surface area contributed by atoms with Crippen LogP contribution in [0, 0.1) is 5.41 Å². The molecule has 0 radical (unpaired) electrons. The summed E-state index contributed by atoms with van der Waals surface area (Å²) in [7, 11) is 0. The van der Waals surface area contributed by atoms with Gasteiger partial charge < -0.3 is 16.5 Å². The highest BCUT2D eigenvalue weighted by Crippen LogP contribution is 2.18. The zero-order valence-corrected chi connectivity index (χ0v) is 10.7. The summed E-state index contributed by atoms with van der Waals surface area (Å²) >= 11 is 5.71. The van der Waals surface area contributed by atoms with Gasteiger partial charge in [0.2, 0.25) is 5.28 Å². The van der Waals surface area contributed by atoms with Crippen LogP contribution in [0.4, 0.5) is 11.5 Å². The Balaban J connectivity index is 2.17. The van der Waals surface area contributed by atoms with Crippen molar-refractivity contribution in [1.82, 2.24) is 9.97 Å². The normalized spacial score (nSPS) is 11.1. The summed E-state index contributed by atoms with van der Waals surface area (Å²) in [5.74, 6) is 0.620. The van der Waals surface area contributed by atoms with Gasteiger partial charge in [0.15, 0.2) is 0 Å². The quantitative estimate of drug-likeness (QED) is 0.590. The van der Waals surface area contributed by atoms with Crippen molar-refractivity contribution >= 4 is 34.9 Å². The molecule has 0 aliphatic heterocycles. The van der Waals surface area contributed by atoms with Crippen LogP contribution >= 0.6 is 11.6 Å². The predicted octanol–water partition coefficient (Wildman–Crippen LogP) is 2.82. The number of halogens is 1. The minimum Gasteiger partial charge on any atom is -0.404 e. The van der Waals surface area contributed by atoms with Gasteiger partial charge in [0, 0.05) is 29.9 Å². The van der Waals surface area contributed by atoms with Crippen LogP contribution in [0.3, 0.4) is 0 Å². The van der Waals surface area contributed by atoms with E-state index in [9.17, 15) is 0 Å². The van der Waals surface area contributed by atoms with Crippen LogP contribution in [-0.2, 0) is 0 Å². The van der Waals surface area contributed by atoms with E-state index in [2.05, 4.69) is 15.3 Å². The zero-order valence-electron chi connectivity index (χ0n) is 9.97. The second-order valence-electron chi connectivity index (χ2n) is 3.68. The number of rotatable bonds is 4. The van der Waals surface area contributed by atoms with Gasteiger partial charge in [-0.3, -0.25) is 0 Å². The van der Waals surface area contributed by atoms with Crippen molar-refractivity contribution in [3.05, 3.63) is 53.6 Å². The van der Waals surface area contributed by atoms with Crippen LogP contribution in [0.25, 0.3) is 5.57 Å². The number of allylic oxidation sites excluding steroid dienone is 1. The molecule has 1 aromatic heterocycles. The smallest absolute Gasteiger partial charge is 0.224 e. The molecule has 5 nitrogen and oxygen atoms in total. The second kappa shape index (κ2) is 5.97. The summed E-state index contributed by atoms with van der Waals surface area (Å²) in [4.78, 5) is 7.84. The lowest BCUT2D eigenvalue weighted by Crippen LogP contribution is -1.95. The first-order valence-corrected chi connectivity index (χ1v) is 5.89. The summed E-state index contributed by atoms with van der Waals surface area (Å²) in [5, 5.41) is 10.5. The molecular weight excluding hydrogens is 262 g/mol. The molecule has 96 valence electrons. The van der Waals surface area contributed by atoms with E-state index in [0.29, 0.717) is 11.4 Å². The Morgan fingerprint density at radius 3 is 2.58 bits per heavy atom. The predicted molar refractivity (Wildman–Crippen MR) is 77.7 cm³/mol. The standard InChI is InChI=1S/C13H12ClN5/c14-13-17-6-5-12(19-13)18-11-3-1-9(2-4-11)10(7-15)8-16/h1-8,15H,16H2,(H,17,18,19)/b10-8+,15-7?. The highest BCUT2D eigenvalue weighted by atomic mass is 35.5. The Hall–Kier alpha value is -2.40. The molecule has 2 rings (SSSR count). The number of nitrogens with two attached hydrogens (primary N) is 1. The minimum absolute atomic E-state index is 0.193. The van der Waals surface area contributed by atoms with E-state index in [1.54, 1.807) is 12.3 Å². The Kier molecular flexibility index (Phi) is 4.10. The van der Waals surface area contributed by atoms with E-state index >= 15 is 0 Å². The number of benzene rings is 1. The average molecular weight is 274 g/mol. The van der Waals surface area contributed by atoms with Crippen molar-refractivity contribution in [3.63, 3.8) is 0 Å². The summed E-state index contributed by atoms with van der Waals surface area (Å²) in [5.41, 5.74) is 7.84. The van der Waals surface area contributed by atoms with E-state index in [4.69, 9.17) is 22.7 Å². The van der Waals surface area contributed by atoms with E-state index in [0.717, 1.165) is 11.3 Å². The van der Waals surface area contributed by atoms with Gasteiger partial charge in [0.1, 0.15) is 5.82 Å². The molecule has 0 aliphatic carbocycles. The number of hydrogen-bond donors (Lipinski definition) is 3. The monoisotopic (exact) mass is 273 g/mol. The number of nitrogens with zero attached hydrogens (tertiary/aromatic N) is 2. The van der Waals surface area contributed by atoms with Crippen LogP contribution in [0.1, 0.15) is 5.56 Å². The maximum absolute atomic E-state index is 7.23. The highest BCUT2D eigenvalue weighted by Gasteiger charge is 2.00. The number of hydrogen-bond acceptors (Lipinski definition) is 5. The van der Waals surface area contributed by atoms with Crippen molar-refractivity contribution in [3.8, 4) is 0 Å². The van der Waals surface area contributed by atoms with Crippen LogP contribution in [0.2, 0.25) is 5.28 Å². The summed E-state index contributed by atoms with van der Waals surface area (Å²) in [6.45, 7) is 0. The molecule has 0 saturated heterocycles. The Bertz CT molecular complexity index is 607. The molecule has 0 bridgehead atoms. The van der Waals surface area contributed by atoms with Gasteiger partial charge in [0.25, 0.3) is 0 Å². The molecule has 4 N–H and O–H groups in total. The van der Waals surface area contributed by atoms with Crippen molar-refractivity contribution < 1.29 is 0 Å². The van der Waals surface area contributed by atoms with Crippen molar-refractivity contribution in [2.75, 3.05) is 5.32 Å². The van der Waals surface area contributed by atoms with Gasteiger partial charge >= 0.3 is 0 Å². The molecule has 0 unspecified atom stereocenters. The van der Waals surface area contributed by atoms with Gasteiger partial charge in [-0.2, -0.15) is 0 Å². The minimum atomic E-state index is 0.193. The Morgan fingerprint density at radius 1 is 1.26 bits per heavy atom. The number of aromatic nitrogens is 2. The molecular formula is C13H12ClN5. The van der Waals surface area contributed by atoms with E-state index in [1.807, 2.05) is 24.3 Å². The Morgan fingerprint density at radius 2 is 2.00 bits per heavy atom. The molecule has 0 spiro atoms. The first kappa shape index (κ1) is 13.0. The van der Waals surface area contributed by atoms with Gasteiger partial charge in [-0.1, -0.05) is 12.1 Å². The van der Waals surface area contributed by atoms with Crippen LogP contribution < -0.4 is 11.1 Å². The fourth-order valence-corrected chi connectivity index (χ4v) is 1.67. The Labute approximate surface area is 115 Å². The van der Waals surface area contributed by atoms with Gasteiger partial charge in [-0.05, 0) is 35.4 Å². The average Bonchev–Trinajstić information content (AvgIpc) is 2.42. The van der Waals surface area contributed by atoms with E-state index in [-0.39, 0.29) is 5.28 Å². The fraction of sp³-hybridized carbons (Fsp3) is 0. The van der Waals surface area contributed by atoms with Gasteiger partial charge in [-0.15, -0.1) is 0 Å².